The van der Waals surface area contributed by atoms with Crippen LogP contribution in [-0.2, 0) is 17.1 Å². The molecule has 0 bridgehead atoms. The van der Waals surface area contributed by atoms with Crippen molar-refractivity contribution >= 4 is 5.91 Å². The zero-order chi connectivity index (χ0) is 16.8. The van der Waals surface area contributed by atoms with Gasteiger partial charge in [0.05, 0.1) is 5.54 Å². The van der Waals surface area contributed by atoms with E-state index in [0.717, 1.165) is 24.2 Å². The van der Waals surface area contributed by atoms with E-state index in [1.807, 2.05) is 55.1 Å². The van der Waals surface area contributed by atoms with Crippen LogP contribution in [0.1, 0.15) is 25.0 Å². The Kier molecular flexibility index (Phi) is 3.48. The van der Waals surface area contributed by atoms with Gasteiger partial charge >= 0.3 is 0 Å². The molecule has 1 amide bonds. The Balaban J connectivity index is 1.84. The summed E-state index contributed by atoms with van der Waals surface area (Å²) in [6, 6.07) is 20.5. The summed E-state index contributed by atoms with van der Waals surface area (Å²) in [5.74, 6) is -0.389. The minimum absolute atomic E-state index is 0.169. The maximum Gasteiger partial charge on any atom is 0.245 e. The van der Waals surface area contributed by atoms with Gasteiger partial charge in [-0.25, -0.2) is 4.90 Å². The first-order valence-electron chi connectivity index (χ1n) is 8.51. The van der Waals surface area contributed by atoms with Crippen molar-refractivity contribution in [1.29, 1.82) is 0 Å². The Morgan fingerprint density at radius 1 is 1.00 bits per heavy atom. The van der Waals surface area contributed by atoms with Crippen molar-refractivity contribution in [3.63, 3.8) is 0 Å². The lowest BCUT2D eigenvalue weighted by molar-refractivity contribution is -0.136. The van der Waals surface area contributed by atoms with Gasteiger partial charge in [-0.3, -0.25) is 10.1 Å². The van der Waals surface area contributed by atoms with Gasteiger partial charge in [-0.1, -0.05) is 60.7 Å². The average Bonchev–Trinajstić information content (AvgIpc) is 3.12. The van der Waals surface area contributed by atoms with E-state index >= 15 is 0 Å². The van der Waals surface area contributed by atoms with Crippen LogP contribution in [0.2, 0.25) is 0 Å². The summed E-state index contributed by atoms with van der Waals surface area (Å²) >= 11 is 0. The molecule has 2 saturated heterocycles. The third-order valence-corrected chi connectivity index (χ3v) is 5.29. The van der Waals surface area contributed by atoms with Crippen molar-refractivity contribution in [2.24, 2.45) is 0 Å². The predicted molar refractivity (Wildman–Crippen MR) is 93.9 cm³/mol. The molecule has 2 aromatic carbocycles. The fourth-order valence-corrected chi connectivity index (χ4v) is 4.15. The second-order valence-corrected chi connectivity index (χ2v) is 7.05. The first-order chi connectivity index (χ1) is 11.6. The molecule has 2 aliphatic heterocycles. The number of carbonyl (C=O) groups is 1. The van der Waals surface area contributed by atoms with Crippen LogP contribution < -0.4 is 5.32 Å². The molecule has 4 rings (SSSR count). The van der Waals surface area contributed by atoms with E-state index in [1.165, 1.54) is 0 Å². The maximum absolute atomic E-state index is 13.3. The van der Waals surface area contributed by atoms with Crippen molar-refractivity contribution < 1.29 is 4.79 Å². The zero-order valence-corrected chi connectivity index (χ0v) is 14.2. The van der Waals surface area contributed by atoms with Gasteiger partial charge in [0, 0.05) is 25.2 Å². The Morgan fingerprint density at radius 3 is 2.29 bits per heavy atom. The molecule has 124 valence electrons. The molecule has 4 heteroatoms. The fourth-order valence-electron chi connectivity index (χ4n) is 4.15. The van der Waals surface area contributed by atoms with Gasteiger partial charge in [0.25, 0.3) is 0 Å². The topological polar surface area (TPSA) is 35.6 Å². The number of rotatable bonds is 3. The number of amides is 1. The molecule has 2 aromatic rings. The number of hydrogen-bond donors (Lipinski definition) is 1. The summed E-state index contributed by atoms with van der Waals surface area (Å²) < 4.78 is 0. The highest BCUT2D eigenvalue weighted by atomic mass is 16.2. The normalized spacial score (nSPS) is 25.9. The van der Waals surface area contributed by atoms with Crippen molar-refractivity contribution in [3.05, 3.63) is 71.8 Å². The van der Waals surface area contributed by atoms with E-state index in [9.17, 15) is 4.79 Å². The summed E-state index contributed by atoms with van der Waals surface area (Å²) in [4.78, 5) is 17.6. The van der Waals surface area contributed by atoms with Gasteiger partial charge < -0.3 is 4.90 Å². The molecule has 2 fully saturated rings. The molecule has 2 aliphatic rings. The van der Waals surface area contributed by atoms with Crippen LogP contribution >= 0.6 is 0 Å². The number of fused-ring (bicyclic) bond motifs is 1. The van der Waals surface area contributed by atoms with Gasteiger partial charge in [-0.2, -0.15) is 0 Å². The van der Waals surface area contributed by atoms with Crippen LogP contribution in [0.5, 0.6) is 0 Å². The highest BCUT2D eigenvalue weighted by Gasteiger charge is 2.63. The van der Waals surface area contributed by atoms with Crippen LogP contribution in [-0.4, -0.2) is 34.3 Å². The lowest BCUT2D eigenvalue weighted by atomic mass is 10.0. The standard InChI is InChI=1S/C20H23N3O/c1-19(2)18(24)22(15-16-9-5-3-6-10-16)20(21-13-14-23(19)20)17-11-7-4-8-12-17/h3-12,21H,13-15H2,1-2H3. The Bertz CT molecular complexity index is 744. The third-order valence-electron chi connectivity index (χ3n) is 5.29. The number of hydrogen-bond acceptors (Lipinski definition) is 3. The molecule has 2 heterocycles. The van der Waals surface area contributed by atoms with Crippen LogP contribution in [0.4, 0.5) is 0 Å². The third kappa shape index (κ3) is 2.03. The molecule has 0 aromatic heterocycles. The molecule has 1 unspecified atom stereocenters. The first-order valence-corrected chi connectivity index (χ1v) is 8.51. The smallest absolute Gasteiger partial charge is 0.245 e. The van der Waals surface area contributed by atoms with Crippen LogP contribution in [0.25, 0.3) is 0 Å². The first kappa shape index (κ1) is 15.4. The Morgan fingerprint density at radius 2 is 1.62 bits per heavy atom. The molecule has 0 radical (unpaired) electrons. The Hall–Kier alpha value is -2.17. The monoisotopic (exact) mass is 321 g/mol. The molecular weight excluding hydrogens is 298 g/mol. The SMILES string of the molecule is CC1(C)C(=O)N(Cc2ccccc2)C2(c3ccccc3)NCCN12. The minimum Gasteiger partial charge on any atom is -0.301 e. The summed E-state index contributed by atoms with van der Waals surface area (Å²) in [6.45, 7) is 6.40. The molecule has 0 aliphatic carbocycles. The van der Waals surface area contributed by atoms with Gasteiger partial charge in [0.2, 0.25) is 5.91 Å². The van der Waals surface area contributed by atoms with E-state index in [1.54, 1.807) is 0 Å². The van der Waals surface area contributed by atoms with E-state index < -0.39 is 11.3 Å². The largest absolute Gasteiger partial charge is 0.301 e. The molecule has 1 N–H and O–H groups in total. The highest BCUT2D eigenvalue weighted by molar-refractivity contribution is 5.89. The highest BCUT2D eigenvalue weighted by Crippen LogP contribution is 2.46. The summed E-state index contributed by atoms with van der Waals surface area (Å²) in [7, 11) is 0. The number of nitrogens with zero attached hydrogens (tertiary/aromatic N) is 2. The number of carbonyl (C=O) groups excluding carboxylic acids is 1. The number of nitrogens with one attached hydrogen (secondary N) is 1. The van der Waals surface area contributed by atoms with Crippen molar-refractivity contribution in [1.82, 2.24) is 15.1 Å². The molecule has 0 spiro atoms. The molecule has 24 heavy (non-hydrogen) atoms. The van der Waals surface area contributed by atoms with Crippen molar-refractivity contribution in [2.75, 3.05) is 13.1 Å². The molecule has 1 atom stereocenters. The summed E-state index contributed by atoms with van der Waals surface area (Å²) in [6.07, 6.45) is 0. The van der Waals surface area contributed by atoms with Gasteiger partial charge in [0.1, 0.15) is 0 Å². The van der Waals surface area contributed by atoms with E-state index in [4.69, 9.17) is 0 Å². The maximum atomic E-state index is 13.3. The van der Waals surface area contributed by atoms with E-state index in [0.29, 0.717) is 6.54 Å². The quantitative estimate of drug-likeness (QED) is 0.943. The van der Waals surface area contributed by atoms with E-state index in [2.05, 4.69) is 34.5 Å². The molecule has 4 nitrogen and oxygen atoms in total. The summed E-state index contributed by atoms with van der Waals surface area (Å²) in [5, 5.41) is 3.64. The minimum atomic E-state index is -0.558. The average molecular weight is 321 g/mol. The van der Waals surface area contributed by atoms with Crippen molar-refractivity contribution in [2.45, 2.75) is 31.7 Å². The molecular formula is C20H23N3O. The second-order valence-electron chi connectivity index (χ2n) is 7.05. The van der Waals surface area contributed by atoms with Gasteiger partial charge in [0.15, 0.2) is 5.79 Å². The second kappa shape index (κ2) is 5.43. The van der Waals surface area contributed by atoms with Crippen molar-refractivity contribution in [3.8, 4) is 0 Å². The lowest BCUT2D eigenvalue weighted by Gasteiger charge is -2.40. The van der Waals surface area contributed by atoms with Crippen LogP contribution in [0.3, 0.4) is 0 Å². The number of benzene rings is 2. The Labute approximate surface area is 143 Å². The van der Waals surface area contributed by atoms with Crippen LogP contribution in [0.15, 0.2) is 60.7 Å². The molecule has 0 saturated carbocycles. The lowest BCUT2D eigenvalue weighted by Crippen LogP contribution is -2.56. The van der Waals surface area contributed by atoms with Crippen LogP contribution in [0, 0.1) is 0 Å². The predicted octanol–water partition coefficient (Wildman–Crippen LogP) is 2.52. The van der Waals surface area contributed by atoms with Gasteiger partial charge in [-0.05, 0) is 19.4 Å². The summed E-state index contributed by atoms with van der Waals surface area (Å²) in [5.41, 5.74) is 1.75. The fraction of sp³-hybridized carbons (Fsp3) is 0.350. The van der Waals surface area contributed by atoms with Gasteiger partial charge in [-0.15, -0.1) is 0 Å². The van der Waals surface area contributed by atoms with E-state index in [-0.39, 0.29) is 5.91 Å². The zero-order valence-electron chi connectivity index (χ0n) is 14.2.